The lowest BCUT2D eigenvalue weighted by atomic mass is 10.2. The molecule has 0 saturated carbocycles. The molecule has 0 radical (unpaired) electrons. The highest BCUT2D eigenvalue weighted by molar-refractivity contribution is 5.94. The number of hydrogen-bond acceptors (Lipinski definition) is 4. The molecule has 2 N–H and O–H groups in total. The van der Waals surface area contributed by atoms with Crippen LogP contribution in [0.4, 0.5) is 5.69 Å². The van der Waals surface area contributed by atoms with Gasteiger partial charge in [-0.15, -0.1) is 0 Å². The number of benzene rings is 1. The molecule has 0 atom stereocenters. The van der Waals surface area contributed by atoms with Crippen molar-refractivity contribution in [3.8, 4) is 0 Å². The highest BCUT2D eigenvalue weighted by Crippen LogP contribution is 2.14. The lowest BCUT2D eigenvalue weighted by molar-refractivity contribution is 0.0698. The van der Waals surface area contributed by atoms with Crippen LogP contribution >= 0.6 is 0 Å². The van der Waals surface area contributed by atoms with E-state index in [0.29, 0.717) is 11.4 Å². The standard InChI is InChI=1S/C13H12N2O3/c1-9-6-7-10(18-9)8-14-15-12-5-3-2-4-11(12)13(16)17/h2-8,15H,1H3,(H,16,17)/b14-8+. The minimum Gasteiger partial charge on any atom is -0.478 e. The van der Waals surface area contributed by atoms with Crippen LogP contribution in [0.25, 0.3) is 0 Å². The first-order valence-corrected chi connectivity index (χ1v) is 5.34. The van der Waals surface area contributed by atoms with Crippen LogP contribution < -0.4 is 5.43 Å². The topological polar surface area (TPSA) is 74.8 Å². The summed E-state index contributed by atoms with van der Waals surface area (Å²) in [7, 11) is 0. The van der Waals surface area contributed by atoms with E-state index in [1.165, 1.54) is 12.3 Å². The average Bonchev–Trinajstić information content (AvgIpc) is 2.75. The summed E-state index contributed by atoms with van der Waals surface area (Å²) < 4.78 is 5.29. The number of nitrogens with one attached hydrogen (secondary N) is 1. The molecule has 5 heteroatoms. The second kappa shape index (κ2) is 5.18. The zero-order valence-electron chi connectivity index (χ0n) is 9.75. The Morgan fingerprint density at radius 3 is 2.78 bits per heavy atom. The van der Waals surface area contributed by atoms with Gasteiger partial charge in [-0.2, -0.15) is 5.10 Å². The Labute approximate surface area is 104 Å². The molecule has 0 saturated heterocycles. The molecular weight excluding hydrogens is 232 g/mol. The second-order valence-electron chi connectivity index (χ2n) is 3.67. The molecule has 0 aliphatic heterocycles. The highest BCUT2D eigenvalue weighted by atomic mass is 16.4. The molecule has 1 heterocycles. The van der Waals surface area contributed by atoms with Crippen molar-refractivity contribution in [2.45, 2.75) is 6.92 Å². The number of nitrogens with zero attached hydrogens (tertiary/aromatic N) is 1. The van der Waals surface area contributed by atoms with E-state index in [-0.39, 0.29) is 5.56 Å². The third kappa shape index (κ3) is 2.76. The lowest BCUT2D eigenvalue weighted by Gasteiger charge is -2.03. The predicted octanol–water partition coefficient (Wildman–Crippen LogP) is 2.73. The van der Waals surface area contributed by atoms with Gasteiger partial charge in [0.25, 0.3) is 0 Å². The van der Waals surface area contributed by atoms with E-state index in [1.807, 2.05) is 13.0 Å². The zero-order chi connectivity index (χ0) is 13.0. The van der Waals surface area contributed by atoms with E-state index in [0.717, 1.165) is 5.76 Å². The number of aromatic carboxylic acids is 1. The molecule has 2 aromatic rings. The first-order chi connectivity index (χ1) is 8.66. The first kappa shape index (κ1) is 11.9. The van der Waals surface area contributed by atoms with Crippen molar-refractivity contribution in [3.63, 3.8) is 0 Å². The Hall–Kier alpha value is -2.56. The first-order valence-electron chi connectivity index (χ1n) is 5.34. The van der Waals surface area contributed by atoms with E-state index in [2.05, 4.69) is 10.5 Å². The Morgan fingerprint density at radius 2 is 2.11 bits per heavy atom. The Balaban J connectivity index is 2.11. The van der Waals surface area contributed by atoms with Crippen molar-refractivity contribution in [3.05, 3.63) is 53.5 Å². The maximum atomic E-state index is 10.9. The molecule has 0 aliphatic carbocycles. The number of furan rings is 1. The molecular formula is C13H12N2O3. The molecule has 1 aromatic heterocycles. The minimum atomic E-state index is -0.998. The molecule has 0 amide bonds. The van der Waals surface area contributed by atoms with Crippen molar-refractivity contribution in [1.29, 1.82) is 0 Å². The number of carboxylic acids is 1. The van der Waals surface area contributed by atoms with Crippen molar-refractivity contribution in [2.75, 3.05) is 5.43 Å². The summed E-state index contributed by atoms with van der Waals surface area (Å²) in [5, 5.41) is 12.9. The zero-order valence-corrected chi connectivity index (χ0v) is 9.75. The van der Waals surface area contributed by atoms with E-state index < -0.39 is 5.97 Å². The van der Waals surface area contributed by atoms with E-state index in [4.69, 9.17) is 9.52 Å². The van der Waals surface area contributed by atoms with Crippen LogP contribution in [0.2, 0.25) is 0 Å². The van der Waals surface area contributed by atoms with Crippen molar-refractivity contribution < 1.29 is 14.3 Å². The molecule has 18 heavy (non-hydrogen) atoms. The van der Waals surface area contributed by atoms with Gasteiger partial charge in [-0.1, -0.05) is 12.1 Å². The van der Waals surface area contributed by atoms with Crippen LogP contribution in [-0.4, -0.2) is 17.3 Å². The van der Waals surface area contributed by atoms with Crippen LogP contribution in [0, 0.1) is 6.92 Å². The summed E-state index contributed by atoms with van der Waals surface area (Å²) in [6.45, 7) is 1.84. The molecule has 92 valence electrons. The third-order valence-corrected chi connectivity index (χ3v) is 2.30. The summed E-state index contributed by atoms with van der Waals surface area (Å²) in [6, 6.07) is 10.2. The quantitative estimate of drug-likeness (QED) is 0.640. The summed E-state index contributed by atoms with van der Waals surface area (Å²) >= 11 is 0. The Bertz CT molecular complexity index is 587. The number of carbonyl (C=O) groups is 1. The normalized spacial score (nSPS) is 10.7. The summed E-state index contributed by atoms with van der Waals surface area (Å²) in [4.78, 5) is 10.9. The smallest absolute Gasteiger partial charge is 0.337 e. The Morgan fingerprint density at radius 1 is 1.33 bits per heavy atom. The van der Waals surface area contributed by atoms with Gasteiger partial charge in [-0.3, -0.25) is 5.43 Å². The van der Waals surface area contributed by atoms with Gasteiger partial charge in [-0.05, 0) is 31.2 Å². The third-order valence-electron chi connectivity index (χ3n) is 2.30. The van der Waals surface area contributed by atoms with E-state index in [1.54, 1.807) is 24.3 Å². The fourth-order valence-corrected chi connectivity index (χ4v) is 1.46. The number of anilines is 1. The number of carboxylic acid groups (broad SMARTS) is 1. The fraction of sp³-hybridized carbons (Fsp3) is 0.0769. The van der Waals surface area contributed by atoms with Crippen LogP contribution in [0.1, 0.15) is 21.9 Å². The largest absolute Gasteiger partial charge is 0.478 e. The van der Waals surface area contributed by atoms with Gasteiger partial charge in [0, 0.05) is 0 Å². The van der Waals surface area contributed by atoms with E-state index in [9.17, 15) is 4.79 Å². The molecule has 0 spiro atoms. The number of hydrazone groups is 1. The van der Waals surface area contributed by atoms with Gasteiger partial charge in [0.05, 0.1) is 17.5 Å². The molecule has 2 rings (SSSR count). The van der Waals surface area contributed by atoms with Gasteiger partial charge < -0.3 is 9.52 Å². The maximum Gasteiger partial charge on any atom is 0.337 e. The molecule has 0 fully saturated rings. The molecule has 0 aliphatic rings. The van der Waals surface area contributed by atoms with Gasteiger partial charge in [-0.25, -0.2) is 4.79 Å². The number of para-hydroxylation sites is 1. The van der Waals surface area contributed by atoms with E-state index >= 15 is 0 Å². The minimum absolute atomic E-state index is 0.172. The van der Waals surface area contributed by atoms with Crippen LogP contribution in [0.5, 0.6) is 0 Å². The fourth-order valence-electron chi connectivity index (χ4n) is 1.46. The molecule has 1 aromatic carbocycles. The maximum absolute atomic E-state index is 10.9. The second-order valence-corrected chi connectivity index (χ2v) is 3.67. The van der Waals surface area contributed by atoms with Gasteiger partial charge >= 0.3 is 5.97 Å². The lowest BCUT2D eigenvalue weighted by Crippen LogP contribution is -2.01. The van der Waals surface area contributed by atoms with Gasteiger partial charge in [0.2, 0.25) is 0 Å². The van der Waals surface area contributed by atoms with Crippen LogP contribution in [-0.2, 0) is 0 Å². The number of aryl methyl sites for hydroxylation is 1. The SMILES string of the molecule is Cc1ccc(/C=N/Nc2ccccc2C(=O)O)o1. The summed E-state index contributed by atoms with van der Waals surface area (Å²) in [5.74, 6) is 0.400. The Kier molecular flexibility index (Phi) is 3.43. The van der Waals surface area contributed by atoms with Crippen molar-refractivity contribution in [2.24, 2.45) is 5.10 Å². The summed E-state index contributed by atoms with van der Waals surface area (Å²) in [6.07, 6.45) is 1.49. The van der Waals surface area contributed by atoms with Crippen molar-refractivity contribution in [1.82, 2.24) is 0 Å². The van der Waals surface area contributed by atoms with Crippen LogP contribution in [0.15, 0.2) is 45.9 Å². The molecule has 5 nitrogen and oxygen atoms in total. The predicted molar refractivity (Wildman–Crippen MR) is 68.1 cm³/mol. The number of rotatable bonds is 4. The molecule has 0 unspecified atom stereocenters. The average molecular weight is 244 g/mol. The van der Waals surface area contributed by atoms with Crippen molar-refractivity contribution >= 4 is 17.9 Å². The van der Waals surface area contributed by atoms with Gasteiger partial charge in [0.1, 0.15) is 11.5 Å². The number of hydrogen-bond donors (Lipinski definition) is 2. The van der Waals surface area contributed by atoms with Crippen LogP contribution in [0.3, 0.4) is 0 Å². The highest BCUT2D eigenvalue weighted by Gasteiger charge is 2.07. The summed E-state index contributed by atoms with van der Waals surface area (Å²) in [5.41, 5.74) is 3.29. The molecule has 0 bridgehead atoms. The van der Waals surface area contributed by atoms with Gasteiger partial charge in [0.15, 0.2) is 0 Å². The monoisotopic (exact) mass is 244 g/mol.